The maximum absolute atomic E-state index is 12.8. The van der Waals surface area contributed by atoms with Gasteiger partial charge in [0.2, 0.25) is 10.0 Å². The van der Waals surface area contributed by atoms with Gasteiger partial charge in [0.25, 0.3) is 5.91 Å². The molecule has 0 bridgehead atoms. The molecular formula is C16H24ClN3O3S. The first kappa shape index (κ1) is 19.2. The quantitative estimate of drug-likeness (QED) is 0.852. The molecule has 1 aliphatic rings. The Hall–Kier alpha value is -1.15. The molecule has 0 saturated carbocycles. The third-order valence-electron chi connectivity index (χ3n) is 3.94. The van der Waals surface area contributed by atoms with Gasteiger partial charge < -0.3 is 10.2 Å². The summed E-state index contributed by atoms with van der Waals surface area (Å²) in [6.07, 6.45) is 0. The molecule has 0 radical (unpaired) electrons. The molecule has 6 nitrogen and oxygen atoms in total. The maximum atomic E-state index is 12.8. The van der Waals surface area contributed by atoms with Crippen molar-refractivity contribution in [1.29, 1.82) is 0 Å². The smallest absolute Gasteiger partial charge is 0.251 e. The summed E-state index contributed by atoms with van der Waals surface area (Å²) in [6.45, 7) is 6.69. The van der Waals surface area contributed by atoms with E-state index in [0.29, 0.717) is 44.2 Å². The van der Waals surface area contributed by atoms with E-state index in [1.54, 1.807) is 6.07 Å². The molecule has 1 heterocycles. The summed E-state index contributed by atoms with van der Waals surface area (Å²) in [7, 11) is -1.75. The van der Waals surface area contributed by atoms with E-state index in [1.807, 2.05) is 20.9 Å². The molecule has 1 aromatic rings. The Labute approximate surface area is 148 Å². The van der Waals surface area contributed by atoms with E-state index in [-0.39, 0.29) is 15.8 Å². The average molecular weight is 374 g/mol. The Morgan fingerprint density at radius 2 is 1.88 bits per heavy atom. The van der Waals surface area contributed by atoms with Gasteiger partial charge in [0.05, 0.1) is 5.02 Å². The van der Waals surface area contributed by atoms with Gasteiger partial charge in [-0.15, -0.1) is 0 Å². The predicted octanol–water partition coefficient (Wildman–Crippen LogP) is 1.66. The van der Waals surface area contributed by atoms with Crippen molar-refractivity contribution in [3.05, 3.63) is 28.8 Å². The van der Waals surface area contributed by atoms with Gasteiger partial charge >= 0.3 is 0 Å². The van der Waals surface area contributed by atoms with E-state index < -0.39 is 10.0 Å². The van der Waals surface area contributed by atoms with Crippen molar-refractivity contribution in [1.82, 2.24) is 14.5 Å². The molecular weight excluding hydrogens is 350 g/mol. The molecule has 1 N–H and O–H groups in total. The summed E-state index contributed by atoms with van der Waals surface area (Å²) < 4.78 is 27.1. The zero-order valence-electron chi connectivity index (χ0n) is 14.3. The number of carbonyl (C=O) groups is 1. The largest absolute Gasteiger partial charge is 0.352 e. The normalized spacial score (nSPS) is 17.2. The lowest BCUT2D eigenvalue weighted by molar-refractivity contribution is 0.0949. The summed E-state index contributed by atoms with van der Waals surface area (Å²) >= 11 is 6.11. The highest BCUT2D eigenvalue weighted by Gasteiger charge is 2.29. The van der Waals surface area contributed by atoms with Crippen LogP contribution in [0.3, 0.4) is 0 Å². The molecule has 134 valence electrons. The molecule has 1 amide bonds. The van der Waals surface area contributed by atoms with Gasteiger partial charge in [0.15, 0.2) is 0 Å². The lowest BCUT2D eigenvalue weighted by Crippen LogP contribution is -2.47. The first-order valence-electron chi connectivity index (χ1n) is 7.98. The van der Waals surface area contributed by atoms with E-state index in [4.69, 9.17) is 11.6 Å². The average Bonchev–Trinajstić information content (AvgIpc) is 2.53. The van der Waals surface area contributed by atoms with E-state index in [9.17, 15) is 13.2 Å². The Kier molecular flexibility index (Phi) is 6.25. The number of nitrogens with one attached hydrogen (secondary N) is 1. The van der Waals surface area contributed by atoms with Gasteiger partial charge in [-0.3, -0.25) is 4.79 Å². The second-order valence-corrected chi connectivity index (χ2v) is 8.77. The van der Waals surface area contributed by atoms with Crippen LogP contribution in [0.2, 0.25) is 5.02 Å². The van der Waals surface area contributed by atoms with Crippen LogP contribution >= 0.6 is 11.6 Å². The van der Waals surface area contributed by atoms with Gasteiger partial charge in [-0.2, -0.15) is 4.31 Å². The van der Waals surface area contributed by atoms with Crippen molar-refractivity contribution < 1.29 is 13.2 Å². The topological polar surface area (TPSA) is 69.7 Å². The summed E-state index contributed by atoms with van der Waals surface area (Å²) in [5.41, 5.74) is 0.299. The molecule has 1 fully saturated rings. The van der Waals surface area contributed by atoms with E-state index in [1.165, 1.54) is 16.4 Å². The molecule has 24 heavy (non-hydrogen) atoms. The number of likely N-dealkylation sites (N-methyl/N-ethyl adjacent to an activating group) is 1. The lowest BCUT2D eigenvalue weighted by Gasteiger charge is -2.31. The minimum Gasteiger partial charge on any atom is -0.352 e. The van der Waals surface area contributed by atoms with Crippen LogP contribution in [0.5, 0.6) is 0 Å². The van der Waals surface area contributed by atoms with Crippen molar-refractivity contribution >= 4 is 27.5 Å². The molecule has 8 heteroatoms. The molecule has 1 aromatic carbocycles. The van der Waals surface area contributed by atoms with Gasteiger partial charge in [-0.05, 0) is 31.2 Å². The zero-order chi connectivity index (χ0) is 17.9. The Bertz CT molecular complexity index is 699. The summed E-state index contributed by atoms with van der Waals surface area (Å²) in [6, 6.07) is 4.38. The van der Waals surface area contributed by atoms with Crippen molar-refractivity contribution in [3.63, 3.8) is 0 Å². The van der Waals surface area contributed by atoms with Gasteiger partial charge in [-0.1, -0.05) is 25.4 Å². The lowest BCUT2D eigenvalue weighted by atomic mass is 10.2. The minimum atomic E-state index is -3.71. The second kappa shape index (κ2) is 7.82. The third-order valence-corrected chi connectivity index (χ3v) is 6.32. The number of piperazine rings is 1. The van der Waals surface area contributed by atoms with E-state index in [2.05, 4.69) is 10.2 Å². The van der Waals surface area contributed by atoms with Crippen LogP contribution in [0.25, 0.3) is 0 Å². The molecule has 0 spiro atoms. The number of hydrogen-bond donors (Lipinski definition) is 1. The minimum absolute atomic E-state index is 0.00841. The Balaban J connectivity index is 2.26. The van der Waals surface area contributed by atoms with Crippen LogP contribution in [0.1, 0.15) is 24.2 Å². The number of benzene rings is 1. The summed E-state index contributed by atoms with van der Waals surface area (Å²) in [4.78, 5) is 14.3. The zero-order valence-corrected chi connectivity index (χ0v) is 15.8. The molecule has 2 rings (SSSR count). The molecule has 0 aromatic heterocycles. The number of nitrogens with zero attached hydrogens (tertiary/aromatic N) is 2. The number of rotatable bonds is 5. The molecule has 1 aliphatic heterocycles. The van der Waals surface area contributed by atoms with Crippen LogP contribution in [0.4, 0.5) is 0 Å². The highest BCUT2D eigenvalue weighted by molar-refractivity contribution is 7.89. The van der Waals surface area contributed by atoms with E-state index >= 15 is 0 Å². The predicted molar refractivity (Wildman–Crippen MR) is 94.9 cm³/mol. The summed E-state index contributed by atoms with van der Waals surface area (Å²) in [5.74, 6) is 0.0185. The number of amides is 1. The van der Waals surface area contributed by atoms with Crippen LogP contribution < -0.4 is 5.32 Å². The van der Waals surface area contributed by atoms with Crippen LogP contribution in [-0.4, -0.2) is 63.3 Å². The number of hydrogen-bond acceptors (Lipinski definition) is 4. The SMILES string of the molecule is CC(C)CNC(=O)c1ccc(Cl)c(S(=O)(=O)N2CCN(C)CC2)c1. The van der Waals surface area contributed by atoms with E-state index in [0.717, 1.165) is 0 Å². The number of sulfonamides is 1. The second-order valence-electron chi connectivity index (χ2n) is 6.46. The Morgan fingerprint density at radius 3 is 2.46 bits per heavy atom. The molecule has 0 unspecified atom stereocenters. The fourth-order valence-electron chi connectivity index (χ4n) is 2.41. The maximum Gasteiger partial charge on any atom is 0.251 e. The van der Waals surface area contributed by atoms with Crippen LogP contribution in [-0.2, 0) is 10.0 Å². The first-order valence-corrected chi connectivity index (χ1v) is 9.80. The van der Waals surface area contributed by atoms with Crippen molar-refractivity contribution in [2.75, 3.05) is 39.8 Å². The monoisotopic (exact) mass is 373 g/mol. The number of carbonyl (C=O) groups excluding carboxylic acids is 1. The highest BCUT2D eigenvalue weighted by atomic mass is 35.5. The fourth-order valence-corrected chi connectivity index (χ4v) is 4.33. The fraction of sp³-hybridized carbons (Fsp3) is 0.562. The molecule has 1 saturated heterocycles. The standard InChI is InChI=1S/C16H24ClN3O3S/c1-12(2)11-18-16(21)13-4-5-14(17)15(10-13)24(22,23)20-8-6-19(3)7-9-20/h4-5,10,12H,6-9,11H2,1-3H3,(H,18,21). The van der Waals surface area contributed by atoms with Crippen molar-refractivity contribution in [3.8, 4) is 0 Å². The van der Waals surface area contributed by atoms with Gasteiger partial charge in [-0.25, -0.2) is 8.42 Å². The van der Waals surface area contributed by atoms with Gasteiger partial charge in [0.1, 0.15) is 4.90 Å². The van der Waals surface area contributed by atoms with Crippen LogP contribution in [0.15, 0.2) is 23.1 Å². The molecule has 0 atom stereocenters. The summed E-state index contributed by atoms with van der Waals surface area (Å²) in [5, 5.41) is 2.92. The third kappa shape index (κ3) is 4.47. The van der Waals surface area contributed by atoms with Gasteiger partial charge in [0, 0.05) is 38.3 Å². The Morgan fingerprint density at radius 1 is 1.25 bits per heavy atom. The van der Waals surface area contributed by atoms with Crippen molar-refractivity contribution in [2.24, 2.45) is 5.92 Å². The first-order chi connectivity index (χ1) is 11.2. The molecule has 0 aliphatic carbocycles. The number of halogens is 1. The highest BCUT2D eigenvalue weighted by Crippen LogP contribution is 2.26. The van der Waals surface area contributed by atoms with Crippen molar-refractivity contribution in [2.45, 2.75) is 18.7 Å². The van der Waals surface area contributed by atoms with Crippen LogP contribution in [0, 0.1) is 5.92 Å².